The van der Waals surface area contributed by atoms with Crippen LogP contribution in [0.3, 0.4) is 0 Å². The van der Waals surface area contributed by atoms with Gasteiger partial charge in [0, 0.05) is 22.6 Å². The summed E-state index contributed by atoms with van der Waals surface area (Å²) in [4.78, 5) is 0. The first-order chi connectivity index (χ1) is 6.84. The lowest BCUT2D eigenvalue weighted by molar-refractivity contribution is 0.585. The predicted molar refractivity (Wildman–Crippen MR) is 64.3 cm³/mol. The molecule has 1 aliphatic heterocycles. The number of thioether (sulfide) groups is 1. The second-order valence-electron chi connectivity index (χ2n) is 3.56. The van der Waals surface area contributed by atoms with Crippen LogP contribution < -0.4 is 5.32 Å². The SMILES string of the molecule is Clc1ccc(CCNC2CSC2)cc1. The summed E-state index contributed by atoms with van der Waals surface area (Å²) >= 11 is 7.82. The molecule has 1 N–H and O–H groups in total. The molecule has 1 fully saturated rings. The van der Waals surface area contributed by atoms with Crippen LogP contribution in [0.25, 0.3) is 0 Å². The first-order valence-electron chi connectivity index (χ1n) is 4.90. The van der Waals surface area contributed by atoms with Gasteiger partial charge in [0.05, 0.1) is 0 Å². The molecule has 1 heterocycles. The number of hydrogen-bond acceptors (Lipinski definition) is 2. The van der Waals surface area contributed by atoms with E-state index in [4.69, 9.17) is 11.6 Å². The van der Waals surface area contributed by atoms with Crippen molar-refractivity contribution < 1.29 is 0 Å². The molecule has 14 heavy (non-hydrogen) atoms. The third kappa shape index (κ3) is 2.91. The van der Waals surface area contributed by atoms with Crippen molar-refractivity contribution in [1.82, 2.24) is 5.32 Å². The molecule has 3 heteroatoms. The Labute approximate surface area is 94.2 Å². The molecular weight excluding hydrogens is 214 g/mol. The maximum absolute atomic E-state index is 5.81. The van der Waals surface area contributed by atoms with E-state index in [1.54, 1.807) is 0 Å². The molecular formula is C11H14ClNS. The summed E-state index contributed by atoms with van der Waals surface area (Å²) in [6, 6.07) is 8.86. The zero-order valence-corrected chi connectivity index (χ0v) is 9.57. The average molecular weight is 228 g/mol. The summed E-state index contributed by atoms with van der Waals surface area (Å²) < 4.78 is 0. The van der Waals surface area contributed by atoms with Gasteiger partial charge in [0.1, 0.15) is 0 Å². The zero-order valence-electron chi connectivity index (χ0n) is 8.00. The Morgan fingerprint density at radius 3 is 2.57 bits per heavy atom. The largest absolute Gasteiger partial charge is 0.312 e. The molecule has 1 saturated heterocycles. The van der Waals surface area contributed by atoms with Crippen LogP contribution in [0.1, 0.15) is 5.56 Å². The van der Waals surface area contributed by atoms with Gasteiger partial charge in [-0.2, -0.15) is 11.8 Å². The number of hydrogen-bond donors (Lipinski definition) is 1. The summed E-state index contributed by atoms with van der Waals surface area (Å²) in [7, 11) is 0. The van der Waals surface area contributed by atoms with Crippen molar-refractivity contribution in [2.24, 2.45) is 0 Å². The van der Waals surface area contributed by atoms with Crippen molar-refractivity contribution >= 4 is 23.4 Å². The first-order valence-corrected chi connectivity index (χ1v) is 6.43. The van der Waals surface area contributed by atoms with Crippen LogP contribution in [0.5, 0.6) is 0 Å². The van der Waals surface area contributed by atoms with E-state index in [9.17, 15) is 0 Å². The third-order valence-electron chi connectivity index (χ3n) is 2.40. The summed E-state index contributed by atoms with van der Waals surface area (Å²) in [5.74, 6) is 2.56. The highest BCUT2D eigenvalue weighted by atomic mass is 35.5. The van der Waals surface area contributed by atoms with Gasteiger partial charge in [-0.05, 0) is 30.7 Å². The second-order valence-corrected chi connectivity index (χ2v) is 5.08. The lowest BCUT2D eigenvalue weighted by atomic mass is 10.1. The topological polar surface area (TPSA) is 12.0 Å². The van der Waals surface area contributed by atoms with E-state index < -0.39 is 0 Å². The summed E-state index contributed by atoms with van der Waals surface area (Å²) in [6.07, 6.45) is 1.10. The molecule has 76 valence electrons. The highest BCUT2D eigenvalue weighted by molar-refractivity contribution is 8.00. The van der Waals surface area contributed by atoms with Crippen molar-refractivity contribution in [3.8, 4) is 0 Å². The minimum atomic E-state index is 0.757. The molecule has 0 aliphatic carbocycles. The second kappa shape index (κ2) is 5.06. The molecule has 2 rings (SSSR count). The van der Waals surface area contributed by atoms with Crippen LogP contribution in [-0.2, 0) is 6.42 Å². The van der Waals surface area contributed by atoms with E-state index in [-0.39, 0.29) is 0 Å². The number of rotatable bonds is 4. The Morgan fingerprint density at radius 2 is 2.00 bits per heavy atom. The highest BCUT2D eigenvalue weighted by Gasteiger charge is 2.16. The molecule has 1 aliphatic rings. The van der Waals surface area contributed by atoms with Gasteiger partial charge in [0.2, 0.25) is 0 Å². The van der Waals surface area contributed by atoms with Crippen LogP contribution in [0.2, 0.25) is 5.02 Å². The average Bonchev–Trinajstić information content (AvgIpc) is 2.12. The molecule has 1 nitrogen and oxygen atoms in total. The fraction of sp³-hybridized carbons (Fsp3) is 0.455. The van der Waals surface area contributed by atoms with Gasteiger partial charge >= 0.3 is 0 Å². The van der Waals surface area contributed by atoms with Gasteiger partial charge in [0.25, 0.3) is 0 Å². The van der Waals surface area contributed by atoms with Crippen LogP contribution in [0, 0.1) is 0 Å². The van der Waals surface area contributed by atoms with E-state index in [1.807, 2.05) is 23.9 Å². The third-order valence-corrected chi connectivity index (χ3v) is 3.93. The zero-order chi connectivity index (χ0) is 9.80. The molecule has 1 aromatic rings. The van der Waals surface area contributed by atoms with Gasteiger partial charge in [-0.1, -0.05) is 23.7 Å². The Morgan fingerprint density at radius 1 is 1.29 bits per heavy atom. The molecule has 0 saturated carbocycles. The molecule has 0 amide bonds. The summed E-state index contributed by atoms with van der Waals surface area (Å²) in [5.41, 5.74) is 1.36. The molecule has 0 spiro atoms. The molecule has 0 atom stereocenters. The normalized spacial score (nSPS) is 16.6. The maximum atomic E-state index is 5.81. The summed E-state index contributed by atoms with van der Waals surface area (Å²) in [5, 5.41) is 4.35. The lowest BCUT2D eigenvalue weighted by Crippen LogP contribution is -2.41. The Hall–Kier alpha value is -0.180. The van der Waals surface area contributed by atoms with Crippen molar-refractivity contribution in [3.63, 3.8) is 0 Å². The minimum Gasteiger partial charge on any atom is -0.312 e. The Bertz CT molecular complexity index is 282. The molecule has 0 unspecified atom stereocenters. The highest BCUT2D eigenvalue weighted by Crippen LogP contribution is 2.17. The smallest absolute Gasteiger partial charge is 0.0406 e. The fourth-order valence-corrected chi connectivity index (χ4v) is 2.26. The van der Waals surface area contributed by atoms with E-state index in [0.717, 1.165) is 24.0 Å². The van der Waals surface area contributed by atoms with Crippen LogP contribution in [0.4, 0.5) is 0 Å². The van der Waals surface area contributed by atoms with Gasteiger partial charge in [0.15, 0.2) is 0 Å². The number of halogens is 1. The van der Waals surface area contributed by atoms with Gasteiger partial charge in [-0.25, -0.2) is 0 Å². The van der Waals surface area contributed by atoms with E-state index in [2.05, 4.69) is 17.4 Å². The van der Waals surface area contributed by atoms with Crippen molar-refractivity contribution in [2.75, 3.05) is 18.1 Å². The molecule has 1 aromatic carbocycles. The number of benzene rings is 1. The Kier molecular flexibility index (Phi) is 3.74. The Balaban J connectivity index is 1.71. The maximum Gasteiger partial charge on any atom is 0.0406 e. The van der Waals surface area contributed by atoms with E-state index in [1.165, 1.54) is 17.1 Å². The van der Waals surface area contributed by atoms with E-state index >= 15 is 0 Å². The van der Waals surface area contributed by atoms with Crippen LogP contribution >= 0.6 is 23.4 Å². The van der Waals surface area contributed by atoms with Gasteiger partial charge in [-0.15, -0.1) is 0 Å². The quantitative estimate of drug-likeness (QED) is 0.849. The molecule has 0 radical (unpaired) electrons. The first kappa shape index (κ1) is 10.3. The standard InChI is InChI=1S/C11H14ClNS/c12-10-3-1-9(2-4-10)5-6-13-11-7-14-8-11/h1-4,11,13H,5-8H2. The van der Waals surface area contributed by atoms with Crippen LogP contribution in [-0.4, -0.2) is 24.1 Å². The fourth-order valence-electron chi connectivity index (χ4n) is 1.43. The predicted octanol–water partition coefficient (Wildman–Crippen LogP) is 2.59. The van der Waals surface area contributed by atoms with Gasteiger partial charge in [-0.3, -0.25) is 0 Å². The van der Waals surface area contributed by atoms with Gasteiger partial charge < -0.3 is 5.32 Å². The summed E-state index contributed by atoms with van der Waals surface area (Å²) in [6.45, 7) is 1.08. The minimum absolute atomic E-state index is 0.757. The van der Waals surface area contributed by atoms with Crippen molar-refractivity contribution in [3.05, 3.63) is 34.9 Å². The lowest BCUT2D eigenvalue weighted by Gasteiger charge is -2.25. The van der Waals surface area contributed by atoms with Crippen molar-refractivity contribution in [1.29, 1.82) is 0 Å². The van der Waals surface area contributed by atoms with Crippen LogP contribution in [0.15, 0.2) is 24.3 Å². The van der Waals surface area contributed by atoms with Crippen molar-refractivity contribution in [2.45, 2.75) is 12.5 Å². The number of nitrogens with one attached hydrogen (secondary N) is 1. The molecule has 0 aromatic heterocycles. The monoisotopic (exact) mass is 227 g/mol. The van der Waals surface area contributed by atoms with E-state index in [0.29, 0.717) is 0 Å². The molecule has 0 bridgehead atoms.